The molecular weight excluding hydrogens is 286 g/mol. The van der Waals surface area contributed by atoms with Crippen LogP contribution in [0.15, 0.2) is 12.1 Å². The summed E-state index contributed by atoms with van der Waals surface area (Å²) in [6, 6.07) is 3.42. The van der Waals surface area contributed by atoms with E-state index in [0.29, 0.717) is 4.88 Å². The molecule has 0 radical (unpaired) electrons. The molecular formula is C12H17NO6S. The number of amides is 1. The van der Waals surface area contributed by atoms with Crippen LogP contribution in [0.2, 0.25) is 0 Å². The van der Waals surface area contributed by atoms with Crippen molar-refractivity contribution in [3.8, 4) is 0 Å². The van der Waals surface area contributed by atoms with Crippen molar-refractivity contribution in [1.82, 2.24) is 5.32 Å². The monoisotopic (exact) mass is 303 g/mol. The van der Waals surface area contributed by atoms with Gasteiger partial charge in [-0.15, -0.1) is 11.3 Å². The van der Waals surface area contributed by atoms with Crippen molar-refractivity contribution in [2.75, 3.05) is 6.61 Å². The molecule has 5 N–H and O–H groups in total. The van der Waals surface area contributed by atoms with E-state index in [-0.39, 0.29) is 0 Å². The number of rotatable bonds is 3. The second kappa shape index (κ2) is 6.17. The first kappa shape index (κ1) is 15.4. The largest absolute Gasteiger partial charge is 0.394 e. The Kier molecular flexibility index (Phi) is 4.74. The molecule has 0 aromatic carbocycles. The zero-order chi connectivity index (χ0) is 14.9. The highest BCUT2D eigenvalue weighted by Crippen LogP contribution is 2.21. The summed E-state index contributed by atoms with van der Waals surface area (Å²) in [5.74, 6) is -0.451. The van der Waals surface area contributed by atoms with Gasteiger partial charge in [0.25, 0.3) is 5.91 Å². The third-order valence-corrected chi connectivity index (χ3v) is 4.13. The van der Waals surface area contributed by atoms with E-state index in [2.05, 4.69) is 5.32 Å². The summed E-state index contributed by atoms with van der Waals surface area (Å²) in [6.07, 6.45) is -6.65. The maximum absolute atomic E-state index is 12.0. The fourth-order valence-corrected chi connectivity index (χ4v) is 2.75. The Labute approximate surface area is 119 Å². The summed E-state index contributed by atoms with van der Waals surface area (Å²) >= 11 is 1.28. The number of carbonyl (C=O) groups excluding carboxylic acids is 1. The van der Waals surface area contributed by atoms with Gasteiger partial charge in [0, 0.05) is 4.88 Å². The van der Waals surface area contributed by atoms with Crippen LogP contribution in [0.4, 0.5) is 0 Å². The van der Waals surface area contributed by atoms with E-state index < -0.39 is 43.2 Å². The predicted molar refractivity (Wildman–Crippen MR) is 70.3 cm³/mol. The van der Waals surface area contributed by atoms with E-state index in [1.807, 2.05) is 6.92 Å². The predicted octanol–water partition coefficient (Wildman–Crippen LogP) is -1.41. The molecule has 0 spiro atoms. The highest BCUT2D eigenvalue weighted by molar-refractivity contribution is 7.13. The number of aryl methyl sites for hydroxylation is 1. The van der Waals surface area contributed by atoms with Gasteiger partial charge in [-0.25, -0.2) is 0 Å². The Hall–Kier alpha value is -1.03. The van der Waals surface area contributed by atoms with Crippen LogP contribution in [-0.2, 0) is 4.74 Å². The SMILES string of the molecule is Cc1ccc(C(=O)NC2O[C@H](CO)[C@@H](O)[C@H](O)[C@H]2O)s1. The first-order chi connectivity index (χ1) is 9.43. The van der Waals surface area contributed by atoms with Gasteiger partial charge >= 0.3 is 0 Å². The lowest BCUT2D eigenvalue weighted by Crippen LogP contribution is -2.63. The molecule has 112 valence electrons. The van der Waals surface area contributed by atoms with E-state index >= 15 is 0 Å². The molecule has 2 rings (SSSR count). The quantitative estimate of drug-likeness (QED) is 0.468. The van der Waals surface area contributed by atoms with Crippen LogP contribution in [0.25, 0.3) is 0 Å². The van der Waals surface area contributed by atoms with E-state index in [4.69, 9.17) is 9.84 Å². The second-order valence-electron chi connectivity index (χ2n) is 4.63. The molecule has 0 saturated carbocycles. The zero-order valence-corrected chi connectivity index (χ0v) is 11.6. The lowest BCUT2D eigenvalue weighted by molar-refractivity contribution is -0.233. The Balaban J connectivity index is 2.06. The molecule has 2 heterocycles. The molecule has 1 aromatic heterocycles. The molecule has 1 amide bonds. The third-order valence-electron chi connectivity index (χ3n) is 3.13. The van der Waals surface area contributed by atoms with Gasteiger partial charge in [-0.1, -0.05) is 0 Å². The van der Waals surface area contributed by atoms with Crippen LogP contribution in [-0.4, -0.2) is 63.6 Å². The van der Waals surface area contributed by atoms with Crippen LogP contribution in [0.3, 0.4) is 0 Å². The Bertz CT molecular complexity index is 476. The first-order valence-corrected chi connectivity index (χ1v) is 6.93. The number of ether oxygens (including phenoxy) is 1. The topological polar surface area (TPSA) is 119 Å². The van der Waals surface area contributed by atoms with Gasteiger partial charge in [-0.2, -0.15) is 0 Å². The average Bonchev–Trinajstić information content (AvgIpc) is 2.86. The minimum atomic E-state index is -1.50. The van der Waals surface area contributed by atoms with Gasteiger partial charge in [0.15, 0.2) is 6.23 Å². The van der Waals surface area contributed by atoms with E-state index in [0.717, 1.165) is 4.88 Å². The molecule has 1 saturated heterocycles. The highest BCUT2D eigenvalue weighted by Gasteiger charge is 2.44. The summed E-state index contributed by atoms with van der Waals surface area (Å²) in [7, 11) is 0. The summed E-state index contributed by atoms with van der Waals surface area (Å²) in [4.78, 5) is 13.4. The van der Waals surface area contributed by atoms with E-state index in [9.17, 15) is 20.1 Å². The second-order valence-corrected chi connectivity index (χ2v) is 5.92. The lowest BCUT2D eigenvalue weighted by Gasteiger charge is -2.40. The van der Waals surface area contributed by atoms with Gasteiger partial charge in [0.05, 0.1) is 11.5 Å². The molecule has 0 aliphatic carbocycles. The molecule has 0 bridgehead atoms. The van der Waals surface area contributed by atoms with Crippen LogP contribution in [0.1, 0.15) is 14.5 Å². The fourth-order valence-electron chi connectivity index (χ4n) is 1.98. The minimum Gasteiger partial charge on any atom is -0.394 e. The van der Waals surface area contributed by atoms with Crippen LogP contribution in [0.5, 0.6) is 0 Å². The average molecular weight is 303 g/mol. The van der Waals surface area contributed by atoms with Gasteiger partial charge in [-0.05, 0) is 19.1 Å². The summed E-state index contributed by atoms with van der Waals surface area (Å²) in [6.45, 7) is 1.32. The van der Waals surface area contributed by atoms with Crippen LogP contribution in [0, 0.1) is 6.92 Å². The van der Waals surface area contributed by atoms with Crippen LogP contribution < -0.4 is 5.32 Å². The number of thiophene rings is 1. The van der Waals surface area contributed by atoms with Crippen molar-refractivity contribution < 1.29 is 30.0 Å². The van der Waals surface area contributed by atoms with Crippen molar-refractivity contribution in [2.45, 2.75) is 37.6 Å². The fraction of sp³-hybridized carbons (Fsp3) is 0.583. The Morgan fingerprint density at radius 2 is 2.00 bits per heavy atom. The number of aliphatic hydroxyl groups is 4. The minimum absolute atomic E-state index is 0.444. The van der Waals surface area contributed by atoms with Crippen LogP contribution >= 0.6 is 11.3 Å². The summed E-state index contributed by atoms with van der Waals surface area (Å²) in [5.41, 5.74) is 0. The third kappa shape index (κ3) is 3.00. The lowest BCUT2D eigenvalue weighted by atomic mass is 9.98. The van der Waals surface area contributed by atoms with Crippen molar-refractivity contribution in [1.29, 1.82) is 0 Å². The molecule has 1 fully saturated rings. The molecule has 8 heteroatoms. The normalized spacial score (nSPS) is 34.0. The van der Waals surface area contributed by atoms with Gasteiger partial charge < -0.3 is 30.5 Å². The standard InChI is InChI=1S/C12H17NO6S/c1-5-2-3-7(20-5)11(18)13-12-10(17)9(16)8(15)6(4-14)19-12/h2-3,6,8-10,12,14-17H,4H2,1H3,(H,13,18)/t6-,8-,9+,10-,12?/m1/s1. The van der Waals surface area contributed by atoms with Gasteiger partial charge in [0.1, 0.15) is 24.4 Å². The summed E-state index contributed by atoms with van der Waals surface area (Å²) < 4.78 is 5.19. The number of aliphatic hydroxyl groups excluding tert-OH is 4. The Morgan fingerprint density at radius 3 is 2.55 bits per heavy atom. The van der Waals surface area contributed by atoms with Gasteiger partial charge in [-0.3, -0.25) is 4.79 Å². The van der Waals surface area contributed by atoms with Crippen molar-refractivity contribution >= 4 is 17.2 Å². The number of hydrogen-bond acceptors (Lipinski definition) is 7. The maximum Gasteiger partial charge on any atom is 0.263 e. The molecule has 5 atom stereocenters. The van der Waals surface area contributed by atoms with Gasteiger partial charge in [0.2, 0.25) is 0 Å². The first-order valence-electron chi connectivity index (χ1n) is 6.12. The molecule has 1 aliphatic heterocycles. The highest BCUT2D eigenvalue weighted by atomic mass is 32.1. The van der Waals surface area contributed by atoms with E-state index in [1.54, 1.807) is 12.1 Å². The maximum atomic E-state index is 12.0. The van der Waals surface area contributed by atoms with Crippen molar-refractivity contribution in [2.24, 2.45) is 0 Å². The molecule has 1 aromatic rings. The Morgan fingerprint density at radius 1 is 1.30 bits per heavy atom. The molecule has 7 nitrogen and oxygen atoms in total. The molecule has 1 unspecified atom stereocenters. The van der Waals surface area contributed by atoms with E-state index in [1.165, 1.54) is 11.3 Å². The zero-order valence-electron chi connectivity index (χ0n) is 10.8. The van der Waals surface area contributed by atoms with Crippen molar-refractivity contribution in [3.63, 3.8) is 0 Å². The smallest absolute Gasteiger partial charge is 0.263 e. The molecule has 20 heavy (non-hydrogen) atoms. The van der Waals surface area contributed by atoms with Crippen molar-refractivity contribution in [3.05, 3.63) is 21.9 Å². The number of carbonyl (C=O) groups is 1. The number of hydrogen-bond donors (Lipinski definition) is 5. The summed E-state index contributed by atoms with van der Waals surface area (Å²) in [5, 5.41) is 40.5. The molecule has 1 aliphatic rings. The number of nitrogens with one attached hydrogen (secondary N) is 1.